The zero-order valence-corrected chi connectivity index (χ0v) is 16.8. The van der Waals surface area contributed by atoms with Crippen molar-refractivity contribution in [3.8, 4) is 22.6 Å². The van der Waals surface area contributed by atoms with E-state index in [1.165, 1.54) is 19.1 Å². The summed E-state index contributed by atoms with van der Waals surface area (Å²) in [6, 6.07) is 10.3. The zero-order valence-electron chi connectivity index (χ0n) is 15.9. The molecule has 0 bridgehead atoms. The van der Waals surface area contributed by atoms with E-state index in [2.05, 4.69) is 0 Å². The highest BCUT2D eigenvalue weighted by molar-refractivity contribution is 7.90. The Balaban J connectivity index is 1.76. The Morgan fingerprint density at radius 3 is 2.14 bits per heavy atom. The van der Waals surface area contributed by atoms with Crippen LogP contribution in [-0.2, 0) is 9.84 Å². The summed E-state index contributed by atoms with van der Waals surface area (Å²) in [5.74, 6) is 1.37. The van der Waals surface area contributed by atoms with Crippen LogP contribution in [-0.4, -0.2) is 27.2 Å². The van der Waals surface area contributed by atoms with Gasteiger partial charge in [-0.2, -0.15) is 0 Å². The first-order valence-electron chi connectivity index (χ1n) is 9.72. The molecular formula is C22H24O5S. The number of ketones is 1. The number of rotatable bonds is 4. The van der Waals surface area contributed by atoms with E-state index in [4.69, 9.17) is 9.47 Å². The van der Waals surface area contributed by atoms with Crippen molar-refractivity contribution in [1.82, 2.24) is 0 Å². The van der Waals surface area contributed by atoms with Gasteiger partial charge >= 0.3 is 0 Å². The lowest BCUT2D eigenvalue weighted by Gasteiger charge is -2.17. The largest absolute Gasteiger partial charge is 0.454 e. The second-order valence-electron chi connectivity index (χ2n) is 7.60. The minimum atomic E-state index is -3.27. The molecule has 2 aromatic rings. The van der Waals surface area contributed by atoms with E-state index >= 15 is 0 Å². The molecule has 0 radical (unpaired) electrons. The van der Waals surface area contributed by atoms with Gasteiger partial charge in [0.1, 0.15) is 0 Å². The third-order valence-electron chi connectivity index (χ3n) is 5.60. The second-order valence-corrected chi connectivity index (χ2v) is 9.62. The third kappa shape index (κ3) is 3.78. The predicted molar refractivity (Wildman–Crippen MR) is 107 cm³/mol. The minimum Gasteiger partial charge on any atom is -0.454 e. The number of hydrogen-bond donors (Lipinski definition) is 0. The molecule has 2 aliphatic rings. The van der Waals surface area contributed by atoms with Gasteiger partial charge in [-0.05, 0) is 48.2 Å². The molecule has 0 unspecified atom stereocenters. The van der Waals surface area contributed by atoms with E-state index in [0.717, 1.165) is 36.8 Å². The number of Topliss-reactive ketones (excluding diaryl/α,β-unsaturated/α-hetero) is 1. The average molecular weight is 400 g/mol. The van der Waals surface area contributed by atoms with Gasteiger partial charge in [-0.1, -0.05) is 37.8 Å². The van der Waals surface area contributed by atoms with E-state index in [-0.39, 0.29) is 23.4 Å². The van der Waals surface area contributed by atoms with Crippen LogP contribution in [0.15, 0.2) is 41.3 Å². The van der Waals surface area contributed by atoms with Gasteiger partial charge in [0.15, 0.2) is 27.1 Å². The molecular weight excluding hydrogens is 376 g/mol. The van der Waals surface area contributed by atoms with Crippen molar-refractivity contribution in [2.24, 2.45) is 5.92 Å². The fourth-order valence-electron chi connectivity index (χ4n) is 4.03. The summed E-state index contributed by atoms with van der Waals surface area (Å²) in [6.07, 6.45) is 7.55. The van der Waals surface area contributed by atoms with E-state index < -0.39 is 9.84 Å². The molecule has 0 spiro atoms. The van der Waals surface area contributed by atoms with Gasteiger partial charge in [-0.25, -0.2) is 8.42 Å². The first kappa shape index (κ1) is 19.0. The lowest BCUT2D eigenvalue weighted by atomic mass is 9.87. The van der Waals surface area contributed by atoms with Gasteiger partial charge in [-0.15, -0.1) is 0 Å². The van der Waals surface area contributed by atoms with Crippen molar-refractivity contribution in [3.63, 3.8) is 0 Å². The molecule has 5 nitrogen and oxygen atoms in total. The molecule has 1 aliphatic carbocycles. The number of sulfone groups is 1. The first-order valence-corrected chi connectivity index (χ1v) is 11.6. The molecule has 2 aromatic carbocycles. The van der Waals surface area contributed by atoms with Crippen LogP contribution < -0.4 is 9.47 Å². The molecule has 0 saturated heterocycles. The summed E-state index contributed by atoms with van der Waals surface area (Å²) in [5.41, 5.74) is 2.18. The Labute approximate surface area is 165 Å². The average Bonchev–Trinajstić information content (AvgIpc) is 2.97. The van der Waals surface area contributed by atoms with Crippen LogP contribution in [0.1, 0.15) is 48.9 Å². The first-order chi connectivity index (χ1) is 13.4. The van der Waals surface area contributed by atoms with Crippen LogP contribution in [0.5, 0.6) is 11.5 Å². The van der Waals surface area contributed by atoms with Crippen molar-refractivity contribution < 1.29 is 22.7 Å². The Morgan fingerprint density at radius 2 is 1.54 bits per heavy atom. The van der Waals surface area contributed by atoms with Gasteiger partial charge in [0.05, 0.1) is 4.90 Å². The van der Waals surface area contributed by atoms with Crippen molar-refractivity contribution in [1.29, 1.82) is 0 Å². The maximum atomic E-state index is 13.4. The molecule has 1 heterocycles. The van der Waals surface area contributed by atoms with Gasteiger partial charge in [0.2, 0.25) is 6.79 Å². The van der Waals surface area contributed by atoms with Gasteiger partial charge < -0.3 is 9.47 Å². The van der Waals surface area contributed by atoms with Crippen molar-refractivity contribution in [2.75, 3.05) is 13.0 Å². The van der Waals surface area contributed by atoms with Crippen LogP contribution in [0.4, 0.5) is 0 Å². The molecule has 28 heavy (non-hydrogen) atoms. The highest BCUT2D eigenvalue weighted by Gasteiger charge is 2.27. The molecule has 0 aromatic heterocycles. The fourth-order valence-corrected chi connectivity index (χ4v) is 4.66. The predicted octanol–water partition coefficient (Wildman–Crippen LogP) is 4.64. The standard InChI is InChI=1S/C22H24O5S/c1-28(24,25)17-10-8-15(9-11-17)18-12-20-21(27-14-26-20)13-19(18)22(23)16-6-4-2-3-5-7-16/h8-13,16H,2-7,14H2,1H3. The molecule has 1 fully saturated rings. The third-order valence-corrected chi connectivity index (χ3v) is 6.73. The lowest BCUT2D eigenvalue weighted by Crippen LogP contribution is -2.15. The summed E-state index contributed by atoms with van der Waals surface area (Å²) >= 11 is 0. The highest BCUT2D eigenvalue weighted by atomic mass is 32.2. The molecule has 1 aliphatic heterocycles. The van der Waals surface area contributed by atoms with E-state index in [1.807, 2.05) is 6.07 Å². The number of ether oxygens (including phenoxy) is 2. The number of hydrogen-bond acceptors (Lipinski definition) is 5. The topological polar surface area (TPSA) is 69.7 Å². The zero-order chi connectivity index (χ0) is 19.7. The summed E-state index contributed by atoms with van der Waals surface area (Å²) in [6.45, 7) is 0.142. The monoisotopic (exact) mass is 400 g/mol. The highest BCUT2D eigenvalue weighted by Crippen LogP contribution is 2.40. The second kappa shape index (κ2) is 7.59. The summed E-state index contributed by atoms with van der Waals surface area (Å²) < 4.78 is 34.5. The SMILES string of the molecule is CS(=O)(=O)c1ccc(-c2cc3c(cc2C(=O)C2CCCCCC2)OCO3)cc1. The number of fused-ring (bicyclic) bond motifs is 1. The van der Waals surface area contributed by atoms with Crippen LogP contribution in [0.3, 0.4) is 0 Å². The number of carbonyl (C=O) groups is 1. The molecule has 148 valence electrons. The molecule has 0 atom stereocenters. The van der Waals surface area contributed by atoms with E-state index in [0.29, 0.717) is 17.1 Å². The molecule has 6 heteroatoms. The summed E-state index contributed by atoms with van der Waals surface area (Å²) in [4.78, 5) is 13.6. The molecule has 4 rings (SSSR count). The van der Waals surface area contributed by atoms with E-state index in [1.54, 1.807) is 30.3 Å². The van der Waals surface area contributed by atoms with Crippen LogP contribution in [0, 0.1) is 5.92 Å². The maximum absolute atomic E-state index is 13.4. The molecule has 0 N–H and O–H groups in total. The van der Waals surface area contributed by atoms with Crippen LogP contribution in [0.25, 0.3) is 11.1 Å². The Hall–Kier alpha value is -2.34. The van der Waals surface area contributed by atoms with Gasteiger partial charge in [0, 0.05) is 17.7 Å². The van der Waals surface area contributed by atoms with Crippen LogP contribution in [0.2, 0.25) is 0 Å². The number of benzene rings is 2. The normalized spacial score (nSPS) is 17.3. The Morgan fingerprint density at radius 1 is 0.929 bits per heavy atom. The fraction of sp³-hybridized carbons (Fsp3) is 0.409. The van der Waals surface area contributed by atoms with Gasteiger partial charge in [0.25, 0.3) is 0 Å². The van der Waals surface area contributed by atoms with Crippen LogP contribution >= 0.6 is 0 Å². The lowest BCUT2D eigenvalue weighted by molar-refractivity contribution is 0.0908. The minimum absolute atomic E-state index is 0.0249. The number of carbonyl (C=O) groups excluding carboxylic acids is 1. The summed E-state index contributed by atoms with van der Waals surface area (Å²) in [5, 5.41) is 0. The van der Waals surface area contributed by atoms with Gasteiger partial charge in [-0.3, -0.25) is 4.79 Å². The molecule has 0 amide bonds. The molecule has 1 saturated carbocycles. The Bertz CT molecular complexity index is 984. The Kier molecular flexibility index (Phi) is 5.15. The van der Waals surface area contributed by atoms with Crippen molar-refractivity contribution >= 4 is 15.6 Å². The van der Waals surface area contributed by atoms with E-state index in [9.17, 15) is 13.2 Å². The smallest absolute Gasteiger partial charge is 0.231 e. The summed E-state index contributed by atoms with van der Waals surface area (Å²) in [7, 11) is -3.27. The maximum Gasteiger partial charge on any atom is 0.231 e. The quantitative estimate of drug-likeness (QED) is 0.552. The van der Waals surface area contributed by atoms with Crippen molar-refractivity contribution in [2.45, 2.75) is 43.4 Å². The van der Waals surface area contributed by atoms with Crippen molar-refractivity contribution in [3.05, 3.63) is 42.0 Å².